The molecule has 2 aromatic carbocycles. The molecule has 3 aromatic rings. The van der Waals surface area contributed by atoms with E-state index in [9.17, 15) is 0 Å². The van der Waals surface area contributed by atoms with Crippen LogP contribution in [0.15, 0.2) is 36.4 Å². The summed E-state index contributed by atoms with van der Waals surface area (Å²) >= 11 is 18.0. The molecule has 0 saturated carbocycles. The third-order valence-electron chi connectivity index (χ3n) is 3.97. The van der Waals surface area contributed by atoms with Crippen LogP contribution >= 0.6 is 35.4 Å². The maximum absolute atomic E-state index is 6.33. The van der Waals surface area contributed by atoms with Gasteiger partial charge in [0, 0.05) is 0 Å². The van der Waals surface area contributed by atoms with E-state index in [0.29, 0.717) is 45.3 Å². The van der Waals surface area contributed by atoms with Crippen LogP contribution in [0, 0.1) is 4.77 Å². The molecule has 3 rings (SSSR count). The van der Waals surface area contributed by atoms with E-state index in [1.54, 1.807) is 11.8 Å². The fraction of sp³-hybridized carbons (Fsp3) is 0.263. The smallest absolute Gasteiger partial charge is 0.214 e. The van der Waals surface area contributed by atoms with Crippen LogP contribution in [-0.2, 0) is 6.54 Å². The van der Waals surface area contributed by atoms with Gasteiger partial charge in [0.2, 0.25) is 4.77 Å². The molecule has 0 atom stereocenters. The Morgan fingerprint density at radius 1 is 1.21 bits per heavy atom. The van der Waals surface area contributed by atoms with E-state index in [4.69, 9.17) is 44.9 Å². The molecular formula is C19H20Cl2N4O2S. The van der Waals surface area contributed by atoms with Gasteiger partial charge in [-0.3, -0.25) is 0 Å². The maximum Gasteiger partial charge on any atom is 0.214 e. The zero-order valence-electron chi connectivity index (χ0n) is 15.5. The van der Waals surface area contributed by atoms with Crippen molar-refractivity contribution in [1.29, 1.82) is 0 Å². The van der Waals surface area contributed by atoms with Crippen LogP contribution in [0.2, 0.25) is 10.0 Å². The lowest BCUT2D eigenvalue weighted by Gasteiger charge is -2.14. The van der Waals surface area contributed by atoms with Crippen molar-refractivity contribution in [3.8, 4) is 22.9 Å². The zero-order chi connectivity index (χ0) is 20.1. The molecule has 0 saturated heterocycles. The van der Waals surface area contributed by atoms with Crippen molar-refractivity contribution in [3.63, 3.8) is 0 Å². The molecule has 0 aliphatic carbocycles. The Morgan fingerprint density at radius 3 is 2.61 bits per heavy atom. The molecule has 0 unspecified atom stereocenters. The number of nitrogens with one attached hydrogen (secondary N) is 2. The van der Waals surface area contributed by atoms with Crippen LogP contribution in [0.4, 0.5) is 0 Å². The van der Waals surface area contributed by atoms with E-state index in [0.717, 1.165) is 17.5 Å². The number of aromatic amines is 1. The number of nitrogens with zero attached hydrogens (tertiary/aromatic N) is 2. The lowest BCUT2D eigenvalue weighted by molar-refractivity contribution is 0.318. The van der Waals surface area contributed by atoms with Gasteiger partial charge in [-0.15, -0.1) is 0 Å². The number of hydrogen-bond acceptors (Lipinski definition) is 5. The number of ether oxygens (including phenoxy) is 2. The molecule has 6 nitrogen and oxygen atoms in total. The Kier molecular flexibility index (Phi) is 6.83. The standard InChI is InChI=1S/C19H20Cl2N4O2S/c1-3-8-27-17-14(20)9-12(10-15(17)21)11-22-25-18(23-24-19(25)28)13-6-4-5-7-16(13)26-2/h4-7,9-10,22H,3,8,11H2,1-2H3,(H,24,28). The number of halogens is 2. The first-order chi connectivity index (χ1) is 13.5. The first kappa shape index (κ1) is 20.5. The number of aromatic nitrogens is 3. The average molecular weight is 439 g/mol. The molecule has 0 bridgehead atoms. The predicted molar refractivity (Wildman–Crippen MR) is 115 cm³/mol. The number of methoxy groups -OCH3 is 1. The van der Waals surface area contributed by atoms with Gasteiger partial charge in [0.15, 0.2) is 11.6 Å². The summed E-state index contributed by atoms with van der Waals surface area (Å²) in [4.78, 5) is 0. The van der Waals surface area contributed by atoms with E-state index < -0.39 is 0 Å². The number of benzene rings is 2. The molecule has 2 N–H and O–H groups in total. The van der Waals surface area contributed by atoms with Crippen molar-refractivity contribution in [2.45, 2.75) is 19.9 Å². The van der Waals surface area contributed by atoms with E-state index in [-0.39, 0.29) is 0 Å². The highest BCUT2D eigenvalue weighted by atomic mass is 35.5. The van der Waals surface area contributed by atoms with Crippen LogP contribution in [0.5, 0.6) is 11.5 Å². The Hall–Kier alpha value is -2.22. The summed E-state index contributed by atoms with van der Waals surface area (Å²) < 4.78 is 13.2. The highest BCUT2D eigenvalue weighted by molar-refractivity contribution is 7.71. The summed E-state index contributed by atoms with van der Waals surface area (Å²) in [5.41, 5.74) is 4.94. The second-order valence-electron chi connectivity index (χ2n) is 5.96. The van der Waals surface area contributed by atoms with Crippen molar-refractivity contribution in [2.24, 2.45) is 0 Å². The van der Waals surface area contributed by atoms with Gasteiger partial charge in [-0.1, -0.05) is 42.3 Å². The molecule has 1 heterocycles. The number of hydrogen-bond donors (Lipinski definition) is 2. The van der Waals surface area contributed by atoms with E-state index in [1.807, 2.05) is 43.3 Å². The SMILES string of the molecule is CCCOc1c(Cl)cc(CNn2c(-c3ccccc3OC)n[nH]c2=S)cc1Cl. The Morgan fingerprint density at radius 2 is 1.93 bits per heavy atom. The lowest BCUT2D eigenvalue weighted by Crippen LogP contribution is -2.16. The number of para-hydroxylation sites is 1. The lowest BCUT2D eigenvalue weighted by atomic mass is 10.2. The van der Waals surface area contributed by atoms with Gasteiger partial charge in [0.05, 0.1) is 35.9 Å². The normalized spacial score (nSPS) is 10.7. The molecule has 0 fully saturated rings. The Bertz CT molecular complexity index is 996. The fourth-order valence-corrected chi connectivity index (χ4v) is 3.52. The van der Waals surface area contributed by atoms with Gasteiger partial charge >= 0.3 is 0 Å². The van der Waals surface area contributed by atoms with E-state index >= 15 is 0 Å². The summed E-state index contributed by atoms with van der Waals surface area (Å²) in [6, 6.07) is 11.2. The van der Waals surface area contributed by atoms with Crippen LogP contribution in [0.3, 0.4) is 0 Å². The largest absolute Gasteiger partial charge is 0.496 e. The molecular weight excluding hydrogens is 419 g/mol. The predicted octanol–water partition coefficient (Wildman–Crippen LogP) is 5.46. The van der Waals surface area contributed by atoms with Crippen molar-refractivity contribution in [2.75, 3.05) is 19.1 Å². The van der Waals surface area contributed by atoms with Crippen molar-refractivity contribution in [1.82, 2.24) is 14.9 Å². The van der Waals surface area contributed by atoms with Crippen LogP contribution in [0.1, 0.15) is 18.9 Å². The monoisotopic (exact) mass is 438 g/mol. The molecule has 1 aromatic heterocycles. The second-order valence-corrected chi connectivity index (χ2v) is 7.16. The molecule has 148 valence electrons. The Balaban J connectivity index is 1.85. The minimum Gasteiger partial charge on any atom is -0.496 e. The Labute approximate surface area is 178 Å². The molecule has 0 spiro atoms. The van der Waals surface area contributed by atoms with Gasteiger partial charge in [-0.2, -0.15) is 5.10 Å². The van der Waals surface area contributed by atoms with Gasteiger partial charge in [0.25, 0.3) is 0 Å². The minimum absolute atomic E-state index is 0.431. The van der Waals surface area contributed by atoms with E-state index in [1.165, 1.54) is 0 Å². The topological polar surface area (TPSA) is 64.1 Å². The second kappa shape index (κ2) is 9.32. The summed E-state index contributed by atoms with van der Waals surface area (Å²) in [6.07, 6.45) is 0.875. The molecule has 0 radical (unpaired) electrons. The zero-order valence-corrected chi connectivity index (χ0v) is 17.8. The minimum atomic E-state index is 0.431. The van der Waals surface area contributed by atoms with Crippen LogP contribution in [0.25, 0.3) is 11.4 Å². The summed E-state index contributed by atoms with van der Waals surface area (Å²) in [7, 11) is 1.62. The maximum atomic E-state index is 6.33. The third-order valence-corrected chi connectivity index (χ3v) is 4.81. The fourth-order valence-electron chi connectivity index (χ4n) is 2.68. The van der Waals surface area contributed by atoms with Gasteiger partial charge < -0.3 is 14.9 Å². The molecule has 0 aliphatic heterocycles. The van der Waals surface area contributed by atoms with Crippen LogP contribution in [-0.4, -0.2) is 28.6 Å². The van der Waals surface area contributed by atoms with Gasteiger partial charge in [-0.25, -0.2) is 9.77 Å². The summed E-state index contributed by atoms with van der Waals surface area (Å²) in [6.45, 7) is 3.01. The third kappa shape index (κ3) is 4.43. The number of H-pyrrole nitrogens is 1. The highest BCUT2D eigenvalue weighted by Crippen LogP contribution is 2.34. The summed E-state index contributed by atoms with van der Waals surface area (Å²) in [5.74, 6) is 1.81. The first-order valence-corrected chi connectivity index (χ1v) is 9.87. The van der Waals surface area contributed by atoms with Gasteiger partial charge in [0.1, 0.15) is 5.75 Å². The molecule has 0 amide bonds. The first-order valence-electron chi connectivity index (χ1n) is 8.70. The molecule has 28 heavy (non-hydrogen) atoms. The van der Waals surface area contributed by atoms with Crippen molar-refractivity contribution in [3.05, 3.63) is 56.8 Å². The quantitative estimate of drug-likeness (QED) is 0.457. The van der Waals surface area contributed by atoms with Crippen LogP contribution < -0.4 is 14.9 Å². The van der Waals surface area contributed by atoms with Crippen molar-refractivity contribution < 1.29 is 9.47 Å². The van der Waals surface area contributed by atoms with Crippen molar-refractivity contribution >= 4 is 35.4 Å². The summed E-state index contributed by atoms with van der Waals surface area (Å²) in [5, 5.41) is 8.07. The van der Waals surface area contributed by atoms with Gasteiger partial charge in [-0.05, 0) is 48.5 Å². The number of rotatable bonds is 8. The molecule has 0 aliphatic rings. The average Bonchev–Trinajstić information content (AvgIpc) is 3.06. The highest BCUT2D eigenvalue weighted by Gasteiger charge is 2.14. The van der Waals surface area contributed by atoms with E-state index in [2.05, 4.69) is 15.6 Å². The molecule has 9 heteroatoms.